The smallest absolute Gasteiger partial charge is 0.233 e. The largest absolute Gasteiger partial charge is 0.474 e. The van der Waals surface area contributed by atoms with Crippen molar-refractivity contribution in [3.05, 3.63) is 35.7 Å². The molecule has 0 N–H and O–H groups in total. The summed E-state index contributed by atoms with van der Waals surface area (Å²) >= 11 is 0. The lowest BCUT2D eigenvalue weighted by Crippen LogP contribution is -2.39. The second kappa shape index (κ2) is 6.44. The topological polar surface area (TPSA) is 64.3 Å². The van der Waals surface area contributed by atoms with Gasteiger partial charge in [-0.2, -0.15) is 0 Å². The summed E-state index contributed by atoms with van der Waals surface area (Å²) in [7, 11) is 0. The van der Waals surface area contributed by atoms with Gasteiger partial charge in [0.05, 0.1) is 6.04 Å². The van der Waals surface area contributed by atoms with E-state index in [0.29, 0.717) is 11.8 Å². The Kier molecular flexibility index (Phi) is 4.38. The second-order valence-electron chi connectivity index (χ2n) is 5.81. The summed E-state index contributed by atoms with van der Waals surface area (Å²) in [5.41, 5.74) is 0.982. The van der Waals surface area contributed by atoms with Gasteiger partial charge in [0.25, 0.3) is 0 Å². The molecule has 0 aliphatic carbocycles. The lowest BCUT2D eigenvalue weighted by molar-refractivity contribution is 0.0691. The molecule has 0 spiro atoms. The van der Waals surface area contributed by atoms with Crippen LogP contribution < -0.4 is 4.74 Å². The number of nitrogens with zero attached hydrogens (tertiary/aromatic N) is 4. The van der Waals surface area contributed by atoms with E-state index in [2.05, 4.69) is 27.0 Å². The molecule has 1 aliphatic rings. The fraction of sp³-hybridized carbons (Fsp3) is 0.562. The molecular formula is C16H22N4O2. The van der Waals surface area contributed by atoms with Crippen LogP contribution in [0.1, 0.15) is 43.3 Å². The first-order chi connectivity index (χ1) is 10.6. The van der Waals surface area contributed by atoms with Crippen molar-refractivity contribution < 1.29 is 9.15 Å². The summed E-state index contributed by atoms with van der Waals surface area (Å²) in [6.07, 6.45) is 2.18. The highest BCUT2D eigenvalue weighted by Gasteiger charge is 2.27. The zero-order valence-corrected chi connectivity index (χ0v) is 13.3. The van der Waals surface area contributed by atoms with Gasteiger partial charge in [0.15, 0.2) is 0 Å². The van der Waals surface area contributed by atoms with Gasteiger partial charge >= 0.3 is 0 Å². The van der Waals surface area contributed by atoms with Crippen LogP contribution in [-0.2, 0) is 0 Å². The Labute approximate surface area is 130 Å². The van der Waals surface area contributed by atoms with E-state index < -0.39 is 0 Å². The molecule has 3 rings (SSSR count). The van der Waals surface area contributed by atoms with Gasteiger partial charge in [0.1, 0.15) is 6.10 Å². The summed E-state index contributed by atoms with van der Waals surface area (Å²) in [6.45, 7) is 7.82. The molecule has 0 aromatic carbocycles. The summed E-state index contributed by atoms with van der Waals surface area (Å²) < 4.78 is 11.5. The van der Waals surface area contributed by atoms with Crippen molar-refractivity contribution in [2.45, 2.75) is 45.8 Å². The Morgan fingerprint density at radius 3 is 2.64 bits per heavy atom. The van der Waals surface area contributed by atoms with E-state index in [1.807, 2.05) is 32.0 Å². The van der Waals surface area contributed by atoms with Crippen molar-refractivity contribution in [1.82, 2.24) is 20.1 Å². The number of ether oxygens (including phenoxy) is 1. The molecule has 1 fully saturated rings. The monoisotopic (exact) mass is 302 g/mol. The molecule has 1 atom stereocenters. The molecule has 3 heterocycles. The maximum absolute atomic E-state index is 5.98. The van der Waals surface area contributed by atoms with E-state index in [-0.39, 0.29) is 12.1 Å². The van der Waals surface area contributed by atoms with Crippen LogP contribution in [0.2, 0.25) is 0 Å². The van der Waals surface area contributed by atoms with Crippen molar-refractivity contribution in [3.8, 4) is 5.88 Å². The molecule has 1 saturated heterocycles. The van der Waals surface area contributed by atoms with Gasteiger partial charge in [-0.05, 0) is 32.8 Å². The van der Waals surface area contributed by atoms with E-state index >= 15 is 0 Å². The lowest BCUT2D eigenvalue weighted by atomic mass is 10.1. The Balaban J connectivity index is 1.54. The Hall–Kier alpha value is -1.95. The minimum atomic E-state index is 0.152. The first-order valence-electron chi connectivity index (χ1n) is 7.76. The molecule has 6 heteroatoms. The summed E-state index contributed by atoms with van der Waals surface area (Å²) in [4.78, 5) is 6.76. The van der Waals surface area contributed by atoms with Crippen molar-refractivity contribution in [2.75, 3.05) is 13.1 Å². The minimum absolute atomic E-state index is 0.152. The van der Waals surface area contributed by atoms with Gasteiger partial charge in [-0.25, -0.2) is 4.98 Å². The van der Waals surface area contributed by atoms with Crippen molar-refractivity contribution in [3.63, 3.8) is 0 Å². The molecule has 1 aliphatic heterocycles. The molecule has 0 amide bonds. The number of aryl methyl sites for hydroxylation is 2. The Morgan fingerprint density at radius 2 is 2.00 bits per heavy atom. The molecule has 0 saturated carbocycles. The van der Waals surface area contributed by atoms with Crippen LogP contribution in [0.15, 0.2) is 22.6 Å². The summed E-state index contributed by atoms with van der Waals surface area (Å²) in [5, 5.41) is 8.02. The lowest BCUT2D eigenvalue weighted by Gasteiger charge is -2.34. The van der Waals surface area contributed by atoms with E-state index in [4.69, 9.17) is 9.15 Å². The van der Waals surface area contributed by atoms with Gasteiger partial charge in [0.2, 0.25) is 17.7 Å². The molecule has 2 aromatic rings. The first kappa shape index (κ1) is 15.0. The number of rotatable bonds is 4. The van der Waals surface area contributed by atoms with Crippen molar-refractivity contribution in [1.29, 1.82) is 0 Å². The highest BCUT2D eigenvalue weighted by Crippen LogP contribution is 2.25. The zero-order valence-electron chi connectivity index (χ0n) is 13.3. The van der Waals surface area contributed by atoms with Gasteiger partial charge in [-0.1, -0.05) is 6.07 Å². The molecule has 1 unspecified atom stereocenters. The van der Waals surface area contributed by atoms with Crippen LogP contribution in [0.25, 0.3) is 0 Å². The number of aromatic nitrogens is 3. The van der Waals surface area contributed by atoms with Crippen LogP contribution in [0.3, 0.4) is 0 Å². The zero-order chi connectivity index (χ0) is 15.5. The standard InChI is InChI=1S/C16H22N4O2/c1-11-5-4-6-15(17-11)22-14-7-9-20(10-8-14)12(2)16-19-18-13(3)21-16/h4-6,12,14H,7-10H2,1-3H3. The molecule has 22 heavy (non-hydrogen) atoms. The number of hydrogen-bond acceptors (Lipinski definition) is 6. The molecule has 0 radical (unpaired) electrons. The maximum atomic E-state index is 5.98. The Bertz CT molecular complexity index is 620. The van der Waals surface area contributed by atoms with E-state index in [1.54, 1.807) is 0 Å². The fourth-order valence-electron chi connectivity index (χ4n) is 2.77. The average molecular weight is 302 g/mol. The van der Waals surface area contributed by atoms with Gasteiger partial charge in [-0.15, -0.1) is 10.2 Å². The van der Waals surface area contributed by atoms with Crippen LogP contribution in [0, 0.1) is 13.8 Å². The predicted octanol–water partition coefficient (Wildman–Crippen LogP) is 2.69. The first-order valence-corrected chi connectivity index (χ1v) is 7.76. The van der Waals surface area contributed by atoms with Crippen molar-refractivity contribution in [2.24, 2.45) is 0 Å². The third kappa shape index (κ3) is 3.44. The highest BCUT2D eigenvalue weighted by atomic mass is 16.5. The number of pyridine rings is 1. The minimum Gasteiger partial charge on any atom is -0.474 e. The van der Waals surface area contributed by atoms with Gasteiger partial charge < -0.3 is 9.15 Å². The molecule has 118 valence electrons. The number of piperidine rings is 1. The van der Waals surface area contributed by atoms with Gasteiger partial charge in [0, 0.05) is 31.8 Å². The third-order valence-electron chi connectivity index (χ3n) is 4.07. The van der Waals surface area contributed by atoms with Crippen LogP contribution >= 0.6 is 0 Å². The predicted molar refractivity (Wildman–Crippen MR) is 81.6 cm³/mol. The van der Waals surface area contributed by atoms with Crippen molar-refractivity contribution >= 4 is 0 Å². The normalized spacial score (nSPS) is 18.3. The van der Waals surface area contributed by atoms with E-state index in [0.717, 1.165) is 37.5 Å². The van der Waals surface area contributed by atoms with E-state index in [1.165, 1.54) is 0 Å². The fourth-order valence-corrected chi connectivity index (χ4v) is 2.77. The van der Waals surface area contributed by atoms with Crippen LogP contribution in [0.5, 0.6) is 5.88 Å². The number of likely N-dealkylation sites (tertiary alicyclic amines) is 1. The van der Waals surface area contributed by atoms with Crippen LogP contribution in [0.4, 0.5) is 0 Å². The molecule has 2 aromatic heterocycles. The van der Waals surface area contributed by atoms with Gasteiger partial charge in [-0.3, -0.25) is 4.90 Å². The van der Waals surface area contributed by atoms with E-state index in [9.17, 15) is 0 Å². The maximum Gasteiger partial charge on any atom is 0.233 e. The summed E-state index contributed by atoms with van der Waals surface area (Å²) in [6, 6.07) is 6.03. The number of hydrogen-bond donors (Lipinski definition) is 0. The summed E-state index contributed by atoms with van der Waals surface area (Å²) in [5.74, 6) is 2.03. The SMILES string of the molecule is Cc1cccc(OC2CCN(C(C)c3nnc(C)o3)CC2)n1. The second-order valence-corrected chi connectivity index (χ2v) is 5.81. The van der Waals surface area contributed by atoms with Crippen LogP contribution in [-0.4, -0.2) is 39.3 Å². The highest BCUT2D eigenvalue weighted by molar-refractivity contribution is 5.15. The molecule has 0 bridgehead atoms. The molecular weight excluding hydrogens is 280 g/mol. The quantitative estimate of drug-likeness (QED) is 0.865. The average Bonchev–Trinajstić information content (AvgIpc) is 2.94. The third-order valence-corrected chi connectivity index (χ3v) is 4.07. The Morgan fingerprint density at radius 1 is 1.23 bits per heavy atom. The molecule has 6 nitrogen and oxygen atoms in total.